The number of hydrogen-bond acceptors (Lipinski definition) is 2. The lowest BCUT2D eigenvalue weighted by Gasteiger charge is -2.25. The minimum atomic E-state index is -0.417. The second-order valence-corrected chi connectivity index (χ2v) is 5.84. The molecule has 2 N–H and O–H groups in total. The van der Waals surface area contributed by atoms with Crippen LogP contribution in [0.3, 0.4) is 0 Å². The molecule has 0 spiro atoms. The second kappa shape index (κ2) is 5.76. The SMILES string of the molecule is C[C@@H]1Cc2ccccc2N1C(=O)N[C@H]1CCCCNC1=O. The summed E-state index contributed by atoms with van der Waals surface area (Å²) in [5.41, 5.74) is 2.14. The lowest BCUT2D eigenvalue weighted by atomic mass is 10.1. The quantitative estimate of drug-likeness (QED) is 0.827. The van der Waals surface area contributed by atoms with Gasteiger partial charge in [0.05, 0.1) is 0 Å². The van der Waals surface area contributed by atoms with Gasteiger partial charge in [0.2, 0.25) is 5.91 Å². The van der Waals surface area contributed by atoms with Crippen LogP contribution in [0.4, 0.5) is 10.5 Å². The molecule has 3 rings (SSSR count). The number of urea groups is 1. The molecule has 3 amide bonds. The first-order valence-electron chi connectivity index (χ1n) is 7.62. The summed E-state index contributed by atoms with van der Waals surface area (Å²) < 4.78 is 0. The Hall–Kier alpha value is -2.04. The van der Waals surface area contributed by atoms with Gasteiger partial charge in [0.1, 0.15) is 6.04 Å². The lowest BCUT2D eigenvalue weighted by molar-refractivity contribution is -0.122. The van der Waals surface area contributed by atoms with Crippen LogP contribution >= 0.6 is 0 Å². The molecule has 0 aromatic heterocycles. The van der Waals surface area contributed by atoms with Gasteiger partial charge < -0.3 is 10.6 Å². The first-order chi connectivity index (χ1) is 10.2. The van der Waals surface area contributed by atoms with Crippen LogP contribution in [0.15, 0.2) is 24.3 Å². The molecule has 0 radical (unpaired) electrons. The summed E-state index contributed by atoms with van der Waals surface area (Å²) in [6.45, 7) is 2.74. The smallest absolute Gasteiger partial charge is 0.322 e. The van der Waals surface area contributed by atoms with E-state index in [1.54, 1.807) is 4.90 Å². The summed E-state index contributed by atoms with van der Waals surface area (Å²) >= 11 is 0. The highest BCUT2D eigenvalue weighted by molar-refractivity contribution is 5.97. The maximum Gasteiger partial charge on any atom is 0.322 e. The van der Waals surface area contributed by atoms with Crippen molar-refractivity contribution in [2.75, 3.05) is 11.4 Å². The number of carbonyl (C=O) groups excluding carboxylic acids is 2. The molecule has 0 aliphatic carbocycles. The maximum atomic E-state index is 12.6. The molecule has 112 valence electrons. The van der Waals surface area contributed by atoms with Crippen molar-refractivity contribution in [1.82, 2.24) is 10.6 Å². The minimum Gasteiger partial charge on any atom is -0.354 e. The van der Waals surface area contributed by atoms with Crippen molar-refractivity contribution in [1.29, 1.82) is 0 Å². The number of hydrogen-bond donors (Lipinski definition) is 2. The highest BCUT2D eigenvalue weighted by Gasteiger charge is 2.33. The third kappa shape index (κ3) is 2.73. The van der Waals surface area contributed by atoms with E-state index in [4.69, 9.17) is 0 Å². The van der Waals surface area contributed by atoms with Crippen LogP contribution in [0.2, 0.25) is 0 Å². The Labute approximate surface area is 124 Å². The fraction of sp³-hybridized carbons (Fsp3) is 0.500. The molecule has 2 aliphatic heterocycles. The zero-order valence-electron chi connectivity index (χ0n) is 12.3. The van der Waals surface area contributed by atoms with Crippen LogP contribution in [0.5, 0.6) is 0 Å². The number of para-hydroxylation sites is 1. The molecule has 5 nitrogen and oxygen atoms in total. The van der Waals surface area contributed by atoms with E-state index >= 15 is 0 Å². The van der Waals surface area contributed by atoms with E-state index in [0.717, 1.165) is 24.9 Å². The highest BCUT2D eigenvalue weighted by Crippen LogP contribution is 2.31. The standard InChI is InChI=1S/C16H21N3O2/c1-11-10-12-6-2-3-8-14(12)19(11)16(21)18-13-7-4-5-9-17-15(13)20/h2-3,6,8,11,13H,4-5,7,9-10H2,1H3,(H,17,20)(H,18,21)/t11-,13+/m1/s1. The van der Waals surface area contributed by atoms with Gasteiger partial charge in [-0.25, -0.2) is 4.79 Å². The van der Waals surface area contributed by atoms with E-state index in [2.05, 4.69) is 16.7 Å². The summed E-state index contributed by atoms with van der Waals surface area (Å²) in [4.78, 5) is 26.3. The molecular formula is C16H21N3O2. The molecule has 0 bridgehead atoms. The summed E-state index contributed by atoms with van der Waals surface area (Å²) in [6, 6.07) is 7.48. The maximum absolute atomic E-state index is 12.6. The first-order valence-corrected chi connectivity index (χ1v) is 7.62. The number of benzene rings is 1. The summed E-state index contributed by atoms with van der Waals surface area (Å²) in [5.74, 6) is -0.0685. The predicted molar refractivity (Wildman–Crippen MR) is 81.3 cm³/mol. The summed E-state index contributed by atoms with van der Waals surface area (Å²) in [7, 11) is 0. The number of rotatable bonds is 1. The Kier molecular flexibility index (Phi) is 3.82. The molecule has 1 aromatic carbocycles. The zero-order chi connectivity index (χ0) is 14.8. The number of anilines is 1. The van der Waals surface area contributed by atoms with Gasteiger partial charge in [-0.3, -0.25) is 9.69 Å². The van der Waals surface area contributed by atoms with Crippen LogP contribution in [-0.2, 0) is 11.2 Å². The van der Waals surface area contributed by atoms with E-state index in [-0.39, 0.29) is 18.0 Å². The van der Waals surface area contributed by atoms with Crippen molar-refractivity contribution in [3.8, 4) is 0 Å². The molecule has 1 aromatic rings. The van der Waals surface area contributed by atoms with Gasteiger partial charge in [0.25, 0.3) is 0 Å². The average molecular weight is 287 g/mol. The average Bonchev–Trinajstić information content (AvgIpc) is 2.67. The van der Waals surface area contributed by atoms with Crippen molar-refractivity contribution in [3.63, 3.8) is 0 Å². The van der Waals surface area contributed by atoms with Gasteiger partial charge in [0, 0.05) is 18.3 Å². The molecular weight excluding hydrogens is 266 g/mol. The van der Waals surface area contributed by atoms with Gasteiger partial charge >= 0.3 is 6.03 Å². The Morgan fingerprint density at radius 3 is 3.00 bits per heavy atom. The van der Waals surface area contributed by atoms with Gasteiger partial charge in [-0.2, -0.15) is 0 Å². The van der Waals surface area contributed by atoms with Gasteiger partial charge in [-0.15, -0.1) is 0 Å². The number of fused-ring (bicyclic) bond motifs is 1. The molecule has 5 heteroatoms. The monoisotopic (exact) mass is 287 g/mol. The number of nitrogens with one attached hydrogen (secondary N) is 2. The van der Waals surface area contributed by atoms with Crippen LogP contribution in [-0.4, -0.2) is 30.6 Å². The molecule has 0 saturated carbocycles. The van der Waals surface area contributed by atoms with Crippen LogP contribution in [0.1, 0.15) is 31.7 Å². The molecule has 1 fully saturated rings. The molecule has 21 heavy (non-hydrogen) atoms. The van der Waals surface area contributed by atoms with Gasteiger partial charge in [-0.1, -0.05) is 18.2 Å². The van der Waals surface area contributed by atoms with E-state index in [1.807, 2.05) is 25.1 Å². The number of nitrogens with zero attached hydrogens (tertiary/aromatic N) is 1. The van der Waals surface area contributed by atoms with E-state index < -0.39 is 6.04 Å². The predicted octanol–water partition coefficient (Wildman–Crippen LogP) is 1.82. The van der Waals surface area contributed by atoms with E-state index in [9.17, 15) is 9.59 Å². The normalized spacial score (nSPS) is 25.0. The first kappa shape index (κ1) is 13.9. The van der Waals surface area contributed by atoms with Crippen LogP contribution < -0.4 is 15.5 Å². The number of amides is 3. The van der Waals surface area contributed by atoms with Crippen molar-refractivity contribution < 1.29 is 9.59 Å². The van der Waals surface area contributed by atoms with Crippen molar-refractivity contribution in [2.45, 2.75) is 44.7 Å². The highest BCUT2D eigenvalue weighted by atomic mass is 16.2. The van der Waals surface area contributed by atoms with E-state index in [0.29, 0.717) is 13.0 Å². The number of carbonyl (C=O) groups is 2. The molecule has 1 saturated heterocycles. The summed E-state index contributed by atoms with van der Waals surface area (Å²) in [5, 5.41) is 5.75. The molecule has 2 aliphatic rings. The van der Waals surface area contributed by atoms with Crippen molar-refractivity contribution in [3.05, 3.63) is 29.8 Å². The van der Waals surface area contributed by atoms with E-state index in [1.165, 1.54) is 5.56 Å². The lowest BCUT2D eigenvalue weighted by Crippen LogP contribution is -2.52. The zero-order valence-corrected chi connectivity index (χ0v) is 12.3. The third-order valence-corrected chi connectivity index (χ3v) is 4.26. The minimum absolute atomic E-state index is 0.0685. The van der Waals surface area contributed by atoms with Crippen molar-refractivity contribution in [2.24, 2.45) is 0 Å². The Balaban J connectivity index is 1.74. The van der Waals surface area contributed by atoms with Crippen LogP contribution in [0, 0.1) is 0 Å². The molecule has 2 atom stereocenters. The largest absolute Gasteiger partial charge is 0.354 e. The summed E-state index contributed by atoms with van der Waals surface area (Å²) in [6.07, 6.45) is 3.50. The van der Waals surface area contributed by atoms with Crippen LogP contribution in [0.25, 0.3) is 0 Å². The Bertz CT molecular complexity index is 558. The molecule has 0 unspecified atom stereocenters. The Morgan fingerprint density at radius 2 is 2.14 bits per heavy atom. The van der Waals surface area contributed by atoms with Crippen molar-refractivity contribution >= 4 is 17.6 Å². The third-order valence-electron chi connectivity index (χ3n) is 4.26. The fourth-order valence-electron chi connectivity index (χ4n) is 3.17. The topological polar surface area (TPSA) is 61.4 Å². The molecule has 2 heterocycles. The van der Waals surface area contributed by atoms with Gasteiger partial charge in [-0.05, 0) is 44.2 Å². The Morgan fingerprint density at radius 1 is 1.33 bits per heavy atom. The second-order valence-electron chi connectivity index (χ2n) is 5.84. The fourth-order valence-corrected chi connectivity index (χ4v) is 3.17. The van der Waals surface area contributed by atoms with Gasteiger partial charge in [0.15, 0.2) is 0 Å².